The van der Waals surface area contributed by atoms with Gasteiger partial charge >= 0.3 is 6.18 Å². The van der Waals surface area contributed by atoms with Gasteiger partial charge in [-0.3, -0.25) is 4.90 Å². The van der Waals surface area contributed by atoms with Gasteiger partial charge in [0.2, 0.25) is 0 Å². The fourth-order valence-electron chi connectivity index (χ4n) is 3.05. The first kappa shape index (κ1) is 16.0. The van der Waals surface area contributed by atoms with Gasteiger partial charge < -0.3 is 4.40 Å². The number of fused-ring (bicyclic) bond motifs is 1. The number of nitrogens with zero attached hydrogens (tertiary/aromatic N) is 5. The van der Waals surface area contributed by atoms with Crippen molar-refractivity contribution >= 4 is 5.65 Å². The van der Waals surface area contributed by atoms with E-state index in [0.717, 1.165) is 23.0 Å². The molecule has 1 saturated heterocycles. The molecule has 0 N–H and O–H groups in total. The Kier molecular flexibility index (Phi) is 3.72. The van der Waals surface area contributed by atoms with Crippen molar-refractivity contribution in [2.24, 2.45) is 0 Å². The number of likely N-dealkylation sites (tertiary alicyclic amines) is 1. The molecule has 0 atom stereocenters. The summed E-state index contributed by atoms with van der Waals surface area (Å²) in [5, 5.41) is 0. The Morgan fingerprint density at radius 3 is 2.68 bits per heavy atom. The predicted molar refractivity (Wildman–Crippen MR) is 85.0 cm³/mol. The lowest BCUT2D eigenvalue weighted by atomic mass is 9.99. The van der Waals surface area contributed by atoms with Gasteiger partial charge in [0.1, 0.15) is 17.2 Å². The average Bonchev–Trinajstić information content (AvgIpc) is 2.91. The van der Waals surface area contributed by atoms with E-state index in [4.69, 9.17) is 0 Å². The summed E-state index contributed by atoms with van der Waals surface area (Å²) in [5.41, 5.74) is 2.10. The Balaban J connectivity index is 1.41. The molecule has 4 heterocycles. The smallest absolute Gasteiger partial charge is 0.307 e. The number of pyridine rings is 1. The summed E-state index contributed by atoms with van der Waals surface area (Å²) in [6.07, 6.45) is 0.742. The molecule has 0 saturated carbocycles. The number of halogens is 3. The molecule has 1 fully saturated rings. The third-order valence-electron chi connectivity index (χ3n) is 4.32. The average molecular weight is 347 g/mol. The molecule has 0 unspecified atom stereocenters. The topological polar surface area (TPSA) is 46.3 Å². The molecule has 0 aliphatic carbocycles. The first-order valence-electron chi connectivity index (χ1n) is 7.95. The highest BCUT2D eigenvalue weighted by atomic mass is 19.4. The molecule has 0 bridgehead atoms. The van der Waals surface area contributed by atoms with Crippen LogP contribution in [0.2, 0.25) is 0 Å². The number of aromatic nitrogens is 4. The van der Waals surface area contributed by atoms with Crippen molar-refractivity contribution in [1.29, 1.82) is 0 Å². The third-order valence-corrected chi connectivity index (χ3v) is 4.32. The molecule has 1 aliphatic rings. The number of hydrogen-bond donors (Lipinski definition) is 0. The van der Waals surface area contributed by atoms with Gasteiger partial charge in [-0.15, -0.1) is 0 Å². The molecular weight excluding hydrogens is 331 g/mol. The number of rotatable bonds is 3. The van der Waals surface area contributed by atoms with Crippen molar-refractivity contribution in [3.8, 4) is 0 Å². The van der Waals surface area contributed by atoms with Crippen LogP contribution in [0.15, 0.2) is 36.8 Å². The molecule has 0 spiro atoms. The lowest BCUT2D eigenvalue weighted by molar-refractivity contribution is -0.141. The third kappa shape index (κ3) is 3.21. The van der Waals surface area contributed by atoms with E-state index < -0.39 is 11.9 Å². The van der Waals surface area contributed by atoms with Crippen molar-refractivity contribution in [2.75, 3.05) is 13.1 Å². The highest BCUT2D eigenvalue weighted by Crippen LogP contribution is 2.30. The summed E-state index contributed by atoms with van der Waals surface area (Å²) >= 11 is 0. The van der Waals surface area contributed by atoms with Crippen molar-refractivity contribution in [3.05, 3.63) is 59.6 Å². The van der Waals surface area contributed by atoms with Crippen LogP contribution in [0.1, 0.15) is 28.7 Å². The minimum atomic E-state index is -4.43. The second-order valence-corrected chi connectivity index (χ2v) is 6.39. The van der Waals surface area contributed by atoms with E-state index >= 15 is 0 Å². The van der Waals surface area contributed by atoms with Crippen molar-refractivity contribution < 1.29 is 13.2 Å². The molecule has 0 aromatic carbocycles. The normalized spacial score (nSPS) is 16.3. The molecule has 1 aliphatic heterocycles. The van der Waals surface area contributed by atoms with Gasteiger partial charge in [-0.2, -0.15) is 13.2 Å². The Hall–Kier alpha value is -2.48. The lowest BCUT2D eigenvalue weighted by Gasteiger charge is -2.37. The van der Waals surface area contributed by atoms with E-state index in [1.807, 2.05) is 35.9 Å². The van der Waals surface area contributed by atoms with E-state index in [-0.39, 0.29) is 11.7 Å². The Morgan fingerprint density at radius 2 is 1.92 bits per heavy atom. The minimum absolute atomic E-state index is 0.0680. The van der Waals surface area contributed by atoms with Gasteiger partial charge in [0, 0.05) is 44.1 Å². The summed E-state index contributed by atoms with van der Waals surface area (Å²) in [6, 6.07) is 4.88. The Morgan fingerprint density at radius 1 is 1.12 bits per heavy atom. The van der Waals surface area contributed by atoms with Gasteiger partial charge in [0.05, 0.1) is 5.69 Å². The van der Waals surface area contributed by atoms with Crippen molar-refractivity contribution in [3.63, 3.8) is 0 Å². The number of alkyl halides is 3. The van der Waals surface area contributed by atoms with Crippen LogP contribution >= 0.6 is 0 Å². The Bertz CT molecular complexity index is 912. The van der Waals surface area contributed by atoms with Crippen LogP contribution in [0.3, 0.4) is 0 Å². The molecule has 5 nitrogen and oxygen atoms in total. The molecule has 3 aromatic rings. The summed E-state index contributed by atoms with van der Waals surface area (Å²) in [6.45, 7) is 3.95. The molecule has 3 aromatic heterocycles. The van der Waals surface area contributed by atoms with E-state index in [9.17, 15) is 13.2 Å². The maximum absolute atomic E-state index is 12.7. The molecule has 130 valence electrons. The maximum Gasteiger partial charge on any atom is 0.433 e. The second kappa shape index (κ2) is 5.80. The zero-order chi connectivity index (χ0) is 17.6. The summed E-state index contributed by atoms with van der Waals surface area (Å²) in [5.74, 6) is 0.193. The quantitative estimate of drug-likeness (QED) is 0.731. The van der Waals surface area contributed by atoms with Gasteiger partial charge in [-0.1, -0.05) is 6.07 Å². The first-order valence-corrected chi connectivity index (χ1v) is 7.95. The molecule has 25 heavy (non-hydrogen) atoms. The van der Waals surface area contributed by atoms with Crippen molar-refractivity contribution in [1.82, 2.24) is 24.3 Å². The predicted octanol–water partition coefficient (Wildman–Crippen LogP) is 3.05. The van der Waals surface area contributed by atoms with Crippen LogP contribution in [-0.2, 0) is 12.7 Å². The standard InChI is InChI=1S/C17H16F3N5/c1-11-2-3-15-22-13(10-25(15)6-11)9-24-7-12(8-24)16-21-5-4-14(23-16)17(18,19)20/h2-6,10,12H,7-9H2,1H3. The van der Waals surface area contributed by atoms with Crippen LogP contribution < -0.4 is 0 Å². The molecule has 0 amide bonds. The molecular formula is C17H16F3N5. The van der Waals surface area contributed by atoms with E-state index in [1.54, 1.807) is 0 Å². The van der Waals surface area contributed by atoms with Crippen LogP contribution in [0.4, 0.5) is 13.2 Å². The van der Waals surface area contributed by atoms with Crippen molar-refractivity contribution in [2.45, 2.75) is 25.6 Å². The summed E-state index contributed by atoms with van der Waals surface area (Å²) in [7, 11) is 0. The second-order valence-electron chi connectivity index (χ2n) is 6.39. The van der Waals surface area contributed by atoms with Gasteiger partial charge in [-0.25, -0.2) is 15.0 Å². The lowest BCUT2D eigenvalue weighted by Crippen LogP contribution is -2.45. The number of aryl methyl sites for hydroxylation is 1. The highest BCUT2D eigenvalue weighted by molar-refractivity contribution is 5.41. The van der Waals surface area contributed by atoms with Crippen LogP contribution in [-0.4, -0.2) is 37.3 Å². The first-order chi connectivity index (χ1) is 11.9. The zero-order valence-corrected chi connectivity index (χ0v) is 13.5. The summed E-state index contributed by atoms with van der Waals surface area (Å²) < 4.78 is 40.2. The van der Waals surface area contributed by atoms with Crippen LogP contribution in [0.25, 0.3) is 5.65 Å². The molecule has 8 heteroatoms. The van der Waals surface area contributed by atoms with Gasteiger partial charge in [0.15, 0.2) is 0 Å². The van der Waals surface area contributed by atoms with E-state index in [1.165, 1.54) is 6.20 Å². The Labute approximate surface area is 142 Å². The monoisotopic (exact) mass is 347 g/mol. The number of hydrogen-bond acceptors (Lipinski definition) is 4. The zero-order valence-electron chi connectivity index (χ0n) is 13.5. The van der Waals surface area contributed by atoms with E-state index in [0.29, 0.717) is 19.6 Å². The summed E-state index contributed by atoms with van der Waals surface area (Å²) in [4.78, 5) is 14.4. The van der Waals surface area contributed by atoms with Gasteiger partial charge in [-0.05, 0) is 24.6 Å². The minimum Gasteiger partial charge on any atom is -0.307 e. The van der Waals surface area contributed by atoms with Crippen LogP contribution in [0, 0.1) is 6.92 Å². The fourth-order valence-corrected chi connectivity index (χ4v) is 3.05. The largest absolute Gasteiger partial charge is 0.433 e. The molecule has 4 rings (SSSR count). The maximum atomic E-state index is 12.7. The fraction of sp³-hybridized carbons (Fsp3) is 0.353. The SMILES string of the molecule is Cc1ccc2nc(CN3CC(c4nccc(C(F)(F)F)n4)C3)cn2c1. The van der Waals surface area contributed by atoms with E-state index in [2.05, 4.69) is 19.9 Å². The van der Waals surface area contributed by atoms with Crippen LogP contribution in [0.5, 0.6) is 0 Å². The number of imidazole rings is 1. The van der Waals surface area contributed by atoms with Gasteiger partial charge in [0.25, 0.3) is 0 Å². The molecule has 0 radical (unpaired) electrons. The highest BCUT2D eigenvalue weighted by Gasteiger charge is 2.35.